The van der Waals surface area contributed by atoms with Gasteiger partial charge in [-0.25, -0.2) is 13.4 Å². The highest BCUT2D eigenvalue weighted by molar-refractivity contribution is 7.89. The van der Waals surface area contributed by atoms with Gasteiger partial charge in [-0.1, -0.05) is 42.5 Å². The summed E-state index contributed by atoms with van der Waals surface area (Å²) in [7, 11) is -1.86. The summed E-state index contributed by atoms with van der Waals surface area (Å²) in [6.45, 7) is 3.68. The van der Waals surface area contributed by atoms with Gasteiger partial charge in [0.15, 0.2) is 0 Å². The molecule has 0 radical (unpaired) electrons. The molecule has 3 rings (SSSR count). The first kappa shape index (κ1) is 17.4. The second-order valence-corrected chi connectivity index (χ2v) is 7.81. The van der Waals surface area contributed by atoms with Crippen molar-refractivity contribution in [3.8, 4) is 0 Å². The fraction of sp³-hybridized carbons (Fsp3) is 0.211. The van der Waals surface area contributed by atoms with Crippen molar-refractivity contribution in [3.05, 3.63) is 83.4 Å². The van der Waals surface area contributed by atoms with E-state index in [2.05, 4.69) is 9.71 Å². The van der Waals surface area contributed by atoms with Crippen molar-refractivity contribution in [1.82, 2.24) is 14.3 Å². The van der Waals surface area contributed by atoms with E-state index >= 15 is 0 Å². The Labute approximate surface area is 148 Å². The SMILES string of the molecule is Cc1ccc(C)c(S(=O)(=O)N[C@@H](c2ccccc2)c2nccn2C)c1. The molecular formula is C19H21N3O2S. The Morgan fingerprint density at radius 2 is 1.80 bits per heavy atom. The van der Waals surface area contributed by atoms with Gasteiger partial charge in [0.25, 0.3) is 0 Å². The highest BCUT2D eigenvalue weighted by Gasteiger charge is 2.26. The zero-order chi connectivity index (χ0) is 18.0. The summed E-state index contributed by atoms with van der Waals surface area (Å²) in [5.41, 5.74) is 2.45. The normalized spacial score (nSPS) is 12.9. The van der Waals surface area contributed by atoms with E-state index in [1.807, 2.05) is 61.0 Å². The highest BCUT2D eigenvalue weighted by atomic mass is 32.2. The van der Waals surface area contributed by atoms with Gasteiger partial charge in [-0.15, -0.1) is 0 Å². The zero-order valence-electron chi connectivity index (χ0n) is 14.5. The van der Waals surface area contributed by atoms with Crippen LogP contribution in [0.25, 0.3) is 0 Å². The molecule has 1 heterocycles. The number of hydrogen-bond donors (Lipinski definition) is 1. The summed E-state index contributed by atoms with van der Waals surface area (Å²) < 4.78 is 30.7. The van der Waals surface area contributed by atoms with Gasteiger partial charge in [-0.2, -0.15) is 4.72 Å². The molecule has 0 bridgehead atoms. The maximum absolute atomic E-state index is 13.0. The van der Waals surface area contributed by atoms with E-state index in [0.717, 1.165) is 11.1 Å². The van der Waals surface area contributed by atoms with Crippen molar-refractivity contribution in [1.29, 1.82) is 0 Å². The van der Waals surface area contributed by atoms with E-state index in [1.165, 1.54) is 0 Å². The Balaban J connectivity index is 2.06. The average molecular weight is 355 g/mol. The molecule has 25 heavy (non-hydrogen) atoms. The minimum absolute atomic E-state index is 0.294. The molecule has 1 aromatic heterocycles. The predicted octanol–water partition coefficient (Wildman–Crippen LogP) is 3.10. The van der Waals surface area contributed by atoms with Crippen molar-refractivity contribution in [2.24, 2.45) is 7.05 Å². The number of aryl methyl sites for hydroxylation is 3. The lowest BCUT2D eigenvalue weighted by molar-refractivity contribution is 0.562. The van der Waals surface area contributed by atoms with Crippen LogP contribution in [0.5, 0.6) is 0 Å². The van der Waals surface area contributed by atoms with E-state index < -0.39 is 16.1 Å². The second kappa shape index (κ2) is 6.82. The van der Waals surface area contributed by atoms with Gasteiger partial charge in [0, 0.05) is 19.4 Å². The smallest absolute Gasteiger partial charge is 0.241 e. The summed E-state index contributed by atoms with van der Waals surface area (Å²) >= 11 is 0. The number of aromatic nitrogens is 2. The number of benzene rings is 2. The van der Waals surface area contributed by atoms with Crippen LogP contribution in [0.2, 0.25) is 0 Å². The van der Waals surface area contributed by atoms with E-state index in [9.17, 15) is 8.42 Å². The summed E-state index contributed by atoms with van der Waals surface area (Å²) in [5, 5.41) is 0. The summed E-state index contributed by atoms with van der Waals surface area (Å²) in [5.74, 6) is 0.639. The minimum Gasteiger partial charge on any atom is -0.336 e. The molecule has 0 amide bonds. The Hall–Kier alpha value is -2.44. The van der Waals surface area contributed by atoms with Crippen molar-refractivity contribution >= 4 is 10.0 Å². The van der Waals surface area contributed by atoms with Crippen LogP contribution in [0.3, 0.4) is 0 Å². The third kappa shape index (κ3) is 3.65. The van der Waals surface area contributed by atoms with Crippen LogP contribution >= 0.6 is 0 Å². The fourth-order valence-corrected chi connectivity index (χ4v) is 4.30. The highest BCUT2D eigenvalue weighted by Crippen LogP contribution is 2.24. The third-order valence-electron chi connectivity index (χ3n) is 4.16. The quantitative estimate of drug-likeness (QED) is 0.765. The zero-order valence-corrected chi connectivity index (χ0v) is 15.3. The molecule has 6 heteroatoms. The van der Waals surface area contributed by atoms with E-state index in [0.29, 0.717) is 16.3 Å². The predicted molar refractivity (Wildman–Crippen MR) is 97.7 cm³/mol. The molecule has 0 aliphatic heterocycles. The number of hydrogen-bond acceptors (Lipinski definition) is 3. The standard InChI is InChI=1S/C19H21N3O2S/c1-14-9-10-15(2)17(13-14)25(23,24)21-18(16-7-5-4-6-8-16)19-20-11-12-22(19)3/h4-13,18,21H,1-3H3/t18-/m0/s1. The van der Waals surface area contributed by atoms with Crippen LogP contribution in [0.1, 0.15) is 28.6 Å². The molecule has 0 saturated carbocycles. The molecule has 5 nitrogen and oxygen atoms in total. The molecule has 1 N–H and O–H groups in total. The number of nitrogens with zero attached hydrogens (tertiary/aromatic N) is 2. The van der Waals surface area contributed by atoms with Gasteiger partial charge < -0.3 is 4.57 Å². The third-order valence-corrected chi connectivity index (χ3v) is 5.72. The molecule has 0 fully saturated rings. The number of imidazole rings is 1. The topological polar surface area (TPSA) is 64.0 Å². The van der Waals surface area contributed by atoms with Gasteiger partial charge in [-0.05, 0) is 36.6 Å². The molecule has 0 saturated heterocycles. The maximum atomic E-state index is 13.0. The second-order valence-electron chi connectivity index (χ2n) is 6.13. The van der Waals surface area contributed by atoms with Crippen molar-refractivity contribution < 1.29 is 8.42 Å². The van der Waals surface area contributed by atoms with Gasteiger partial charge in [0.1, 0.15) is 11.9 Å². The first-order chi connectivity index (χ1) is 11.9. The maximum Gasteiger partial charge on any atom is 0.241 e. The lowest BCUT2D eigenvalue weighted by Gasteiger charge is -2.20. The summed E-state index contributed by atoms with van der Waals surface area (Å²) in [6, 6.07) is 14.3. The van der Waals surface area contributed by atoms with Crippen molar-refractivity contribution in [2.45, 2.75) is 24.8 Å². The summed E-state index contributed by atoms with van der Waals surface area (Å²) in [4.78, 5) is 4.64. The van der Waals surface area contributed by atoms with E-state index in [1.54, 1.807) is 25.4 Å². The Morgan fingerprint density at radius 3 is 2.44 bits per heavy atom. The number of nitrogens with one attached hydrogen (secondary N) is 1. The van der Waals surface area contributed by atoms with Crippen LogP contribution in [-0.2, 0) is 17.1 Å². The lowest BCUT2D eigenvalue weighted by atomic mass is 10.1. The molecule has 0 unspecified atom stereocenters. The number of rotatable bonds is 5. The largest absolute Gasteiger partial charge is 0.336 e. The van der Waals surface area contributed by atoms with Crippen LogP contribution in [0.4, 0.5) is 0 Å². The molecule has 130 valence electrons. The minimum atomic E-state index is -3.71. The molecule has 0 spiro atoms. The van der Waals surface area contributed by atoms with Gasteiger partial charge in [0.2, 0.25) is 10.0 Å². The first-order valence-electron chi connectivity index (χ1n) is 8.00. The summed E-state index contributed by atoms with van der Waals surface area (Å²) in [6.07, 6.45) is 3.47. The molecule has 1 atom stereocenters. The Kier molecular flexibility index (Phi) is 4.74. The van der Waals surface area contributed by atoms with Gasteiger partial charge >= 0.3 is 0 Å². The van der Waals surface area contributed by atoms with Crippen LogP contribution in [-0.4, -0.2) is 18.0 Å². The first-order valence-corrected chi connectivity index (χ1v) is 9.48. The monoisotopic (exact) mass is 355 g/mol. The lowest BCUT2D eigenvalue weighted by Crippen LogP contribution is -2.31. The Bertz CT molecular complexity index is 979. The average Bonchev–Trinajstić information content (AvgIpc) is 3.01. The Morgan fingerprint density at radius 1 is 1.08 bits per heavy atom. The van der Waals surface area contributed by atoms with E-state index in [4.69, 9.17) is 0 Å². The molecule has 0 aliphatic carbocycles. The van der Waals surface area contributed by atoms with Crippen LogP contribution in [0.15, 0.2) is 65.8 Å². The molecule has 0 aliphatic rings. The van der Waals surface area contributed by atoms with E-state index in [-0.39, 0.29) is 0 Å². The van der Waals surface area contributed by atoms with Crippen LogP contribution < -0.4 is 4.72 Å². The van der Waals surface area contributed by atoms with Crippen LogP contribution in [0, 0.1) is 13.8 Å². The van der Waals surface area contributed by atoms with Gasteiger partial charge in [-0.3, -0.25) is 0 Å². The number of sulfonamides is 1. The van der Waals surface area contributed by atoms with Crippen molar-refractivity contribution in [3.63, 3.8) is 0 Å². The molecule has 3 aromatic rings. The van der Waals surface area contributed by atoms with Crippen molar-refractivity contribution in [2.75, 3.05) is 0 Å². The molecular weight excluding hydrogens is 334 g/mol. The fourth-order valence-electron chi connectivity index (χ4n) is 2.79. The van der Waals surface area contributed by atoms with Gasteiger partial charge in [0.05, 0.1) is 4.90 Å². The molecule has 2 aromatic carbocycles.